The van der Waals surface area contributed by atoms with Gasteiger partial charge in [-0.05, 0) is 43.3 Å². The largest absolute Gasteiger partial charge is 0.0913 e. The molecule has 0 saturated heterocycles. The van der Waals surface area contributed by atoms with E-state index < -0.39 is 8.07 Å². The molecule has 1 aliphatic rings. The van der Waals surface area contributed by atoms with Gasteiger partial charge in [0.25, 0.3) is 0 Å². The van der Waals surface area contributed by atoms with Crippen molar-refractivity contribution in [3.8, 4) is 0 Å². The molecule has 0 amide bonds. The van der Waals surface area contributed by atoms with E-state index >= 15 is 0 Å². The molecule has 0 atom stereocenters. The van der Waals surface area contributed by atoms with Gasteiger partial charge in [-0.2, -0.15) is 0 Å². The fourth-order valence-electron chi connectivity index (χ4n) is 2.75. The van der Waals surface area contributed by atoms with E-state index in [1.54, 1.807) is 5.57 Å². The highest BCUT2D eigenvalue weighted by atomic mass is 28.3. The SMILES string of the molecule is CCCCCCC/C=C/C1=CCCC/C1=C\[Si](C)(C)C. The smallest absolute Gasteiger partial charge is 0.0690 e. The molecule has 0 saturated carbocycles. The first kappa shape index (κ1) is 17.5. The molecule has 1 aliphatic carbocycles. The molecule has 0 unspecified atom stereocenters. The molecule has 0 aromatic carbocycles. The standard InChI is InChI=1S/C19H34Si/c1-5-6-7-8-9-10-11-14-18-15-12-13-16-19(18)17-20(2,3)4/h11,14-15,17H,5-10,12-13,16H2,1-4H3/b14-11+,19-17+. The summed E-state index contributed by atoms with van der Waals surface area (Å²) >= 11 is 0. The van der Waals surface area contributed by atoms with E-state index in [1.165, 1.54) is 63.4 Å². The molecule has 1 heteroatoms. The third kappa shape index (κ3) is 7.89. The lowest BCUT2D eigenvalue weighted by molar-refractivity contribution is 0.637. The second-order valence-corrected chi connectivity index (χ2v) is 12.2. The van der Waals surface area contributed by atoms with Crippen LogP contribution in [0.3, 0.4) is 0 Å². The summed E-state index contributed by atoms with van der Waals surface area (Å²) in [5.74, 6) is 0. The van der Waals surface area contributed by atoms with Gasteiger partial charge in [0.15, 0.2) is 0 Å². The predicted molar refractivity (Wildman–Crippen MR) is 95.9 cm³/mol. The summed E-state index contributed by atoms with van der Waals surface area (Å²) in [5.41, 5.74) is 5.74. The topological polar surface area (TPSA) is 0 Å². The zero-order chi connectivity index (χ0) is 14.8. The minimum Gasteiger partial charge on any atom is -0.0913 e. The number of rotatable bonds is 8. The third-order valence-electron chi connectivity index (χ3n) is 3.76. The van der Waals surface area contributed by atoms with E-state index in [0.717, 1.165) is 0 Å². The summed E-state index contributed by atoms with van der Waals surface area (Å²) in [6.07, 6.45) is 19.3. The van der Waals surface area contributed by atoms with Gasteiger partial charge in [0.1, 0.15) is 0 Å². The van der Waals surface area contributed by atoms with Crippen LogP contribution in [0.2, 0.25) is 19.6 Å². The maximum Gasteiger partial charge on any atom is 0.0690 e. The molecule has 0 aromatic heterocycles. The molecule has 0 radical (unpaired) electrons. The number of hydrogen-bond acceptors (Lipinski definition) is 0. The van der Waals surface area contributed by atoms with Gasteiger partial charge in [-0.25, -0.2) is 0 Å². The zero-order valence-electron chi connectivity index (χ0n) is 14.2. The molecule has 1 rings (SSSR count). The molecule has 0 spiro atoms. The second kappa shape index (κ2) is 9.39. The van der Waals surface area contributed by atoms with Crippen LogP contribution in [0, 0.1) is 0 Å². The highest BCUT2D eigenvalue weighted by molar-refractivity contribution is 6.81. The van der Waals surface area contributed by atoms with Crippen molar-refractivity contribution < 1.29 is 0 Å². The van der Waals surface area contributed by atoms with Crippen molar-refractivity contribution in [2.75, 3.05) is 0 Å². The van der Waals surface area contributed by atoms with Crippen molar-refractivity contribution in [2.45, 2.75) is 84.4 Å². The van der Waals surface area contributed by atoms with Crippen LogP contribution in [0.5, 0.6) is 0 Å². The Morgan fingerprint density at radius 3 is 2.55 bits per heavy atom. The van der Waals surface area contributed by atoms with E-state index in [4.69, 9.17) is 0 Å². The quantitative estimate of drug-likeness (QED) is 0.340. The van der Waals surface area contributed by atoms with Gasteiger partial charge in [-0.3, -0.25) is 0 Å². The highest BCUT2D eigenvalue weighted by Gasteiger charge is 2.14. The molecule has 0 N–H and O–H groups in total. The first-order valence-electron chi connectivity index (χ1n) is 8.62. The van der Waals surface area contributed by atoms with E-state index in [2.05, 4.69) is 50.5 Å². The van der Waals surface area contributed by atoms with E-state index in [-0.39, 0.29) is 0 Å². The minimum absolute atomic E-state index is 1.09. The van der Waals surface area contributed by atoms with Crippen molar-refractivity contribution in [3.05, 3.63) is 35.1 Å². The Labute approximate surface area is 128 Å². The van der Waals surface area contributed by atoms with Gasteiger partial charge in [-0.1, -0.05) is 76.2 Å². The van der Waals surface area contributed by atoms with Crippen LogP contribution < -0.4 is 0 Å². The highest BCUT2D eigenvalue weighted by Crippen LogP contribution is 2.27. The van der Waals surface area contributed by atoms with Gasteiger partial charge in [-0.15, -0.1) is 0 Å². The van der Waals surface area contributed by atoms with Crippen LogP contribution in [0.25, 0.3) is 0 Å². The Hall–Kier alpha value is -0.563. The maximum absolute atomic E-state index is 2.60. The van der Waals surface area contributed by atoms with Crippen molar-refractivity contribution in [3.63, 3.8) is 0 Å². The maximum atomic E-state index is 2.60. The van der Waals surface area contributed by atoms with Crippen LogP contribution in [-0.4, -0.2) is 8.07 Å². The Kier molecular flexibility index (Phi) is 8.21. The molecular weight excluding hydrogens is 256 g/mol. The van der Waals surface area contributed by atoms with Gasteiger partial charge < -0.3 is 0 Å². The van der Waals surface area contributed by atoms with Crippen molar-refractivity contribution in [2.24, 2.45) is 0 Å². The lowest BCUT2D eigenvalue weighted by Gasteiger charge is -2.19. The normalized spacial score (nSPS) is 18.8. The zero-order valence-corrected chi connectivity index (χ0v) is 15.2. The fourth-order valence-corrected chi connectivity index (χ4v) is 4.11. The Bertz CT molecular complexity index is 352. The monoisotopic (exact) mass is 290 g/mol. The molecule has 0 aliphatic heterocycles. The van der Waals surface area contributed by atoms with Crippen LogP contribution in [0.1, 0.15) is 64.7 Å². The summed E-state index contributed by atoms with van der Waals surface area (Å²) < 4.78 is 0. The Balaban J connectivity index is 2.43. The van der Waals surface area contributed by atoms with E-state index in [9.17, 15) is 0 Å². The van der Waals surface area contributed by atoms with Crippen LogP contribution >= 0.6 is 0 Å². The molecule has 0 bridgehead atoms. The first-order valence-corrected chi connectivity index (χ1v) is 12.2. The number of allylic oxidation sites excluding steroid dienone is 5. The van der Waals surface area contributed by atoms with Gasteiger partial charge in [0.05, 0.1) is 8.07 Å². The molecule has 0 aromatic rings. The van der Waals surface area contributed by atoms with Crippen LogP contribution in [-0.2, 0) is 0 Å². The first-order chi connectivity index (χ1) is 9.53. The average Bonchev–Trinajstić information content (AvgIpc) is 2.38. The van der Waals surface area contributed by atoms with Gasteiger partial charge in [0, 0.05) is 0 Å². The van der Waals surface area contributed by atoms with Gasteiger partial charge in [0.2, 0.25) is 0 Å². The fraction of sp³-hybridized carbons (Fsp3) is 0.684. The number of unbranched alkanes of at least 4 members (excludes halogenated alkanes) is 5. The number of hydrogen-bond donors (Lipinski definition) is 0. The summed E-state index contributed by atoms with van der Waals surface area (Å²) in [6.45, 7) is 9.58. The molecular formula is C19H34Si. The summed E-state index contributed by atoms with van der Waals surface area (Å²) in [4.78, 5) is 0. The van der Waals surface area contributed by atoms with E-state index in [1.807, 2.05) is 0 Å². The van der Waals surface area contributed by atoms with Crippen molar-refractivity contribution >= 4 is 8.07 Å². The Morgan fingerprint density at radius 2 is 1.85 bits per heavy atom. The lowest BCUT2D eigenvalue weighted by atomic mass is 9.94. The minimum atomic E-state index is -1.09. The molecule has 114 valence electrons. The Morgan fingerprint density at radius 1 is 1.10 bits per heavy atom. The molecule has 20 heavy (non-hydrogen) atoms. The predicted octanol–water partition coefficient (Wildman–Crippen LogP) is 6.82. The van der Waals surface area contributed by atoms with Crippen molar-refractivity contribution in [1.29, 1.82) is 0 Å². The van der Waals surface area contributed by atoms with Crippen LogP contribution in [0.15, 0.2) is 35.1 Å². The second-order valence-electron chi connectivity index (χ2n) is 7.19. The van der Waals surface area contributed by atoms with E-state index in [0.29, 0.717) is 0 Å². The lowest BCUT2D eigenvalue weighted by Crippen LogP contribution is -2.17. The molecule has 0 fully saturated rings. The summed E-state index contributed by atoms with van der Waals surface area (Å²) in [6, 6.07) is 0. The third-order valence-corrected chi connectivity index (χ3v) is 4.98. The molecule has 0 nitrogen and oxygen atoms in total. The summed E-state index contributed by atoms with van der Waals surface area (Å²) in [7, 11) is -1.09. The van der Waals surface area contributed by atoms with Crippen molar-refractivity contribution in [1.82, 2.24) is 0 Å². The molecule has 0 heterocycles. The van der Waals surface area contributed by atoms with Crippen LogP contribution in [0.4, 0.5) is 0 Å². The average molecular weight is 291 g/mol. The summed E-state index contributed by atoms with van der Waals surface area (Å²) in [5, 5.41) is 0. The van der Waals surface area contributed by atoms with Gasteiger partial charge >= 0.3 is 0 Å².